The number of fused-ring (bicyclic) bond motifs is 1. The Kier molecular flexibility index (Phi) is 5.93. The van der Waals surface area contributed by atoms with Crippen LogP contribution in [0.1, 0.15) is 40.5 Å². The summed E-state index contributed by atoms with van der Waals surface area (Å²) in [5, 5.41) is 2.13. The van der Waals surface area contributed by atoms with Crippen molar-refractivity contribution in [2.45, 2.75) is 19.8 Å². The molecule has 2 aliphatic rings. The van der Waals surface area contributed by atoms with Crippen LogP contribution >= 0.6 is 11.6 Å². The number of imide groups is 1. The maximum atomic E-state index is 13.3. The molecule has 8 heteroatoms. The molecule has 2 aromatic rings. The van der Waals surface area contributed by atoms with Crippen molar-refractivity contribution in [3.63, 3.8) is 0 Å². The van der Waals surface area contributed by atoms with Crippen molar-refractivity contribution in [3.8, 4) is 0 Å². The number of rotatable bonds is 5. The smallest absolute Gasteiger partial charge is 0.273 e. The molecule has 0 bridgehead atoms. The van der Waals surface area contributed by atoms with Crippen molar-refractivity contribution in [3.05, 3.63) is 82.1 Å². The molecule has 2 atom stereocenters. The van der Waals surface area contributed by atoms with Gasteiger partial charge in [0.25, 0.3) is 17.7 Å². The first-order valence-corrected chi connectivity index (χ1v) is 10.5. The fourth-order valence-corrected chi connectivity index (χ4v) is 4.22. The predicted octanol–water partition coefficient (Wildman–Crippen LogP) is 4.06. The highest BCUT2D eigenvalue weighted by atomic mass is 35.5. The van der Waals surface area contributed by atoms with Gasteiger partial charge in [-0.2, -0.15) is 5.01 Å². The van der Waals surface area contributed by atoms with E-state index in [-0.39, 0.29) is 11.1 Å². The van der Waals surface area contributed by atoms with Crippen LogP contribution in [-0.2, 0) is 9.59 Å². The number of benzene rings is 2. The van der Waals surface area contributed by atoms with Gasteiger partial charge < -0.3 is 0 Å². The van der Waals surface area contributed by atoms with E-state index in [4.69, 9.17) is 11.6 Å². The molecular formula is C24H20ClFN2O4. The largest absolute Gasteiger partial charge is 0.292 e. The maximum absolute atomic E-state index is 13.3. The molecule has 0 spiro atoms. The second-order valence-corrected chi connectivity index (χ2v) is 8.43. The van der Waals surface area contributed by atoms with E-state index >= 15 is 0 Å². The van der Waals surface area contributed by atoms with Gasteiger partial charge in [0.2, 0.25) is 0 Å². The fourth-order valence-electron chi connectivity index (χ4n) is 4.10. The summed E-state index contributed by atoms with van der Waals surface area (Å²) >= 11 is 5.91. The number of nitrogens with zero attached hydrogens (tertiary/aromatic N) is 2. The summed E-state index contributed by atoms with van der Waals surface area (Å²) in [5.41, 5.74) is 1.34. The van der Waals surface area contributed by atoms with Gasteiger partial charge in [-0.1, -0.05) is 23.3 Å². The summed E-state index contributed by atoms with van der Waals surface area (Å²) in [6.45, 7) is 1.35. The standard InChI is InChI=1S/C24H20ClFN2O4/c1-14-2-11-19-20(12-14)24(32)28(23(19)31)27(22(30)16-3-7-17(25)8-4-16)13-21(29)15-5-9-18(26)10-6-15/h2-10,19-20H,11-13H2,1H3/t19-,20+/m0/s1. The normalized spacial score (nSPS) is 20.1. The van der Waals surface area contributed by atoms with Crippen LogP contribution < -0.4 is 0 Å². The number of hydrogen-bond acceptors (Lipinski definition) is 4. The summed E-state index contributed by atoms with van der Waals surface area (Å²) in [6, 6.07) is 10.8. The molecule has 1 aliphatic heterocycles. The Morgan fingerprint density at radius 1 is 1.00 bits per heavy atom. The molecule has 0 radical (unpaired) electrons. The summed E-state index contributed by atoms with van der Waals surface area (Å²) in [5.74, 6) is -3.84. The second kappa shape index (κ2) is 8.67. The Morgan fingerprint density at radius 2 is 1.59 bits per heavy atom. The highest BCUT2D eigenvalue weighted by Gasteiger charge is 2.51. The number of carbonyl (C=O) groups excluding carboxylic acids is 4. The van der Waals surface area contributed by atoms with E-state index in [0.717, 1.165) is 27.7 Å². The van der Waals surface area contributed by atoms with Gasteiger partial charge >= 0.3 is 0 Å². The van der Waals surface area contributed by atoms with Gasteiger partial charge in [-0.25, -0.2) is 9.40 Å². The molecule has 164 valence electrons. The molecule has 1 heterocycles. The molecule has 2 aromatic carbocycles. The van der Waals surface area contributed by atoms with Gasteiger partial charge in [-0.15, -0.1) is 0 Å². The topological polar surface area (TPSA) is 74.8 Å². The summed E-state index contributed by atoms with van der Waals surface area (Å²) in [4.78, 5) is 52.6. The van der Waals surface area contributed by atoms with Gasteiger partial charge in [-0.3, -0.25) is 19.2 Å². The van der Waals surface area contributed by atoms with Crippen molar-refractivity contribution in [1.82, 2.24) is 10.0 Å². The lowest BCUT2D eigenvalue weighted by Gasteiger charge is -2.30. The Balaban J connectivity index is 1.68. The maximum Gasteiger partial charge on any atom is 0.273 e. The van der Waals surface area contributed by atoms with Gasteiger partial charge in [0.1, 0.15) is 12.4 Å². The highest BCUT2D eigenvalue weighted by Crippen LogP contribution is 2.38. The number of hydrogen-bond donors (Lipinski definition) is 0. The van der Waals surface area contributed by atoms with Crippen LogP contribution in [-0.4, -0.2) is 40.1 Å². The SMILES string of the molecule is CC1=CC[C@@H]2C(=O)N(N(CC(=O)c3ccc(F)cc3)C(=O)c3ccc(Cl)cc3)C(=O)[C@@H]2C1. The lowest BCUT2D eigenvalue weighted by atomic mass is 9.82. The number of ketones is 1. The third-order valence-electron chi connectivity index (χ3n) is 5.83. The number of hydrazine groups is 1. The fraction of sp³-hybridized carbons (Fsp3) is 0.250. The molecule has 0 saturated carbocycles. The molecule has 1 saturated heterocycles. The molecule has 0 N–H and O–H groups in total. The van der Waals surface area contributed by atoms with E-state index in [0.29, 0.717) is 17.9 Å². The zero-order valence-electron chi connectivity index (χ0n) is 17.3. The van der Waals surface area contributed by atoms with Crippen LogP contribution in [0.25, 0.3) is 0 Å². The lowest BCUT2D eigenvalue weighted by molar-refractivity contribution is -0.154. The summed E-state index contributed by atoms with van der Waals surface area (Å²) in [6.07, 6.45) is 2.76. The van der Waals surface area contributed by atoms with Crippen molar-refractivity contribution in [2.75, 3.05) is 6.54 Å². The number of allylic oxidation sites excluding steroid dienone is 2. The molecule has 0 unspecified atom stereocenters. The van der Waals surface area contributed by atoms with Crippen LogP contribution in [0.5, 0.6) is 0 Å². The average molecular weight is 455 g/mol. The first-order valence-electron chi connectivity index (χ1n) is 10.2. The molecule has 32 heavy (non-hydrogen) atoms. The minimum atomic E-state index is -0.679. The third-order valence-corrected chi connectivity index (χ3v) is 6.08. The molecule has 6 nitrogen and oxygen atoms in total. The van der Waals surface area contributed by atoms with E-state index in [1.165, 1.54) is 36.4 Å². The number of amides is 3. The second-order valence-electron chi connectivity index (χ2n) is 7.99. The van der Waals surface area contributed by atoms with Crippen LogP contribution in [0.2, 0.25) is 5.02 Å². The van der Waals surface area contributed by atoms with E-state index in [9.17, 15) is 23.6 Å². The Bertz CT molecular complexity index is 1130. The zero-order valence-corrected chi connectivity index (χ0v) is 18.0. The Morgan fingerprint density at radius 3 is 2.25 bits per heavy atom. The first-order chi connectivity index (χ1) is 15.3. The number of Topliss-reactive ketones (excluding diaryl/α,β-unsaturated/α-hetero) is 1. The quantitative estimate of drug-likeness (QED) is 0.388. The average Bonchev–Trinajstić information content (AvgIpc) is 3.02. The molecular weight excluding hydrogens is 435 g/mol. The van der Waals surface area contributed by atoms with E-state index in [1.807, 2.05) is 13.0 Å². The van der Waals surface area contributed by atoms with E-state index in [2.05, 4.69) is 0 Å². The van der Waals surface area contributed by atoms with Crippen LogP contribution in [0, 0.1) is 17.7 Å². The highest BCUT2D eigenvalue weighted by molar-refractivity contribution is 6.30. The van der Waals surface area contributed by atoms with Crippen molar-refractivity contribution in [1.29, 1.82) is 0 Å². The summed E-state index contributed by atoms with van der Waals surface area (Å²) in [7, 11) is 0. The van der Waals surface area contributed by atoms with Gasteiger partial charge in [0.15, 0.2) is 5.78 Å². The molecule has 0 aromatic heterocycles. The lowest BCUT2D eigenvalue weighted by Crippen LogP contribution is -2.52. The van der Waals surface area contributed by atoms with Crippen molar-refractivity contribution >= 4 is 35.1 Å². The van der Waals surface area contributed by atoms with Gasteiger partial charge in [0, 0.05) is 16.1 Å². The van der Waals surface area contributed by atoms with Crippen molar-refractivity contribution in [2.24, 2.45) is 11.8 Å². The molecule has 4 rings (SSSR count). The Hall–Kier alpha value is -3.32. The van der Waals surface area contributed by atoms with Crippen LogP contribution in [0.4, 0.5) is 4.39 Å². The molecule has 3 amide bonds. The van der Waals surface area contributed by atoms with E-state index in [1.54, 1.807) is 0 Å². The van der Waals surface area contributed by atoms with E-state index < -0.39 is 47.7 Å². The molecule has 1 fully saturated rings. The van der Waals surface area contributed by atoms with Crippen LogP contribution in [0.15, 0.2) is 60.2 Å². The zero-order chi connectivity index (χ0) is 23.0. The van der Waals surface area contributed by atoms with Crippen LogP contribution in [0.3, 0.4) is 0 Å². The van der Waals surface area contributed by atoms with Gasteiger partial charge in [0.05, 0.1) is 11.8 Å². The number of halogens is 2. The molecule has 1 aliphatic carbocycles. The first kappa shape index (κ1) is 21.9. The third kappa shape index (κ3) is 4.08. The minimum Gasteiger partial charge on any atom is -0.292 e. The van der Waals surface area contributed by atoms with Gasteiger partial charge in [-0.05, 0) is 68.3 Å². The monoisotopic (exact) mass is 454 g/mol. The number of carbonyl (C=O) groups is 4. The Labute approximate surface area is 189 Å². The minimum absolute atomic E-state index is 0.161. The van der Waals surface area contributed by atoms with Crippen molar-refractivity contribution < 1.29 is 23.6 Å². The summed E-state index contributed by atoms with van der Waals surface area (Å²) < 4.78 is 13.3. The predicted molar refractivity (Wildman–Crippen MR) is 115 cm³/mol.